The first-order chi connectivity index (χ1) is 5.34. The summed E-state index contributed by atoms with van der Waals surface area (Å²) < 4.78 is 4.91. The molecule has 0 aliphatic heterocycles. The molecule has 3 heteroatoms. The third kappa shape index (κ3) is 2.35. The van der Waals surface area contributed by atoms with E-state index >= 15 is 0 Å². The molecule has 0 saturated carbocycles. The van der Waals surface area contributed by atoms with E-state index in [9.17, 15) is 0 Å². The van der Waals surface area contributed by atoms with Gasteiger partial charge in [0.1, 0.15) is 5.76 Å². The van der Waals surface area contributed by atoms with Crippen molar-refractivity contribution >= 4 is 0 Å². The molecule has 0 aromatic carbocycles. The molecule has 0 unspecified atom stereocenters. The minimum Gasteiger partial charge on any atom is -0.361 e. The molecule has 0 amide bonds. The van der Waals surface area contributed by atoms with Crippen LogP contribution in [0.2, 0.25) is 0 Å². The van der Waals surface area contributed by atoms with Crippen LogP contribution < -0.4 is 5.32 Å². The highest BCUT2D eigenvalue weighted by atomic mass is 16.5. The quantitative estimate of drug-likeness (QED) is 0.667. The zero-order valence-electron chi connectivity index (χ0n) is 7.05. The van der Waals surface area contributed by atoms with Gasteiger partial charge in [-0.25, -0.2) is 0 Å². The number of nitrogens with zero attached hydrogens (tertiary/aromatic N) is 1. The summed E-state index contributed by atoms with van der Waals surface area (Å²) in [5.74, 6) is 0.911. The Bertz CT molecular complexity index is 208. The molecule has 62 valence electrons. The standard InChI is InChI=1S/C8H14N2O/c1-3-4-9-5-8-6-10-11-7(8)2/h6,9H,3-5H2,1-2H3. The van der Waals surface area contributed by atoms with E-state index in [-0.39, 0.29) is 0 Å². The van der Waals surface area contributed by atoms with Gasteiger partial charge in [0.05, 0.1) is 6.20 Å². The van der Waals surface area contributed by atoms with E-state index in [1.807, 2.05) is 6.92 Å². The Balaban J connectivity index is 2.32. The highest BCUT2D eigenvalue weighted by Crippen LogP contribution is 2.04. The lowest BCUT2D eigenvalue weighted by Crippen LogP contribution is -2.13. The fourth-order valence-corrected chi connectivity index (χ4v) is 0.889. The Labute approximate surface area is 66.8 Å². The number of aromatic nitrogens is 1. The second-order valence-corrected chi connectivity index (χ2v) is 2.58. The van der Waals surface area contributed by atoms with Crippen LogP contribution in [0.1, 0.15) is 24.7 Å². The van der Waals surface area contributed by atoms with Gasteiger partial charge < -0.3 is 9.84 Å². The molecule has 11 heavy (non-hydrogen) atoms. The number of aryl methyl sites for hydroxylation is 1. The van der Waals surface area contributed by atoms with Gasteiger partial charge in [-0.2, -0.15) is 0 Å². The number of rotatable bonds is 4. The van der Waals surface area contributed by atoms with E-state index in [1.165, 1.54) is 0 Å². The van der Waals surface area contributed by atoms with Gasteiger partial charge in [0.15, 0.2) is 0 Å². The molecule has 1 heterocycles. The zero-order chi connectivity index (χ0) is 8.10. The second kappa shape index (κ2) is 4.13. The van der Waals surface area contributed by atoms with E-state index in [0.717, 1.165) is 30.8 Å². The molecule has 1 rings (SSSR count). The Morgan fingerprint density at radius 1 is 1.64 bits per heavy atom. The van der Waals surface area contributed by atoms with Crippen molar-refractivity contribution in [1.82, 2.24) is 10.5 Å². The maximum atomic E-state index is 4.91. The van der Waals surface area contributed by atoms with Crippen LogP contribution in [0.4, 0.5) is 0 Å². The fraction of sp³-hybridized carbons (Fsp3) is 0.625. The Kier molecular flexibility index (Phi) is 3.11. The van der Waals surface area contributed by atoms with Gasteiger partial charge in [0, 0.05) is 12.1 Å². The fourth-order valence-electron chi connectivity index (χ4n) is 0.889. The van der Waals surface area contributed by atoms with E-state index in [2.05, 4.69) is 17.4 Å². The molecule has 0 aliphatic rings. The van der Waals surface area contributed by atoms with Crippen molar-refractivity contribution in [2.75, 3.05) is 6.54 Å². The first kappa shape index (κ1) is 8.27. The summed E-state index contributed by atoms with van der Waals surface area (Å²) in [4.78, 5) is 0. The van der Waals surface area contributed by atoms with Crippen LogP contribution >= 0.6 is 0 Å². The Morgan fingerprint density at radius 2 is 2.45 bits per heavy atom. The van der Waals surface area contributed by atoms with Crippen molar-refractivity contribution in [3.05, 3.63) is 17.5 Å². The molecular formula is C8H14N2O. The van der Waals surface area contributed by atoms with Crippen molar-refractivity contribution < 1.29 is 4.52 Å². The van der Waals surface area contributed by atoms with Gasteiger partial charge in [0.25, 0.3) is 0 Å². The monoisotopic (exact) mass is 154 g/mol. The maximum Gasteiger partial charge on any atom is 0.138 e. The smallest absolute Gasteiger partial charge is 0.138 e. The third-order valence-electron chi connectivity index (χ3n) is 1.59. The molecule has 3 nitrogen and oxygen atoms in total. The highest BCUT2D eigenvalue weighted by Gasteiger charge is 2.00. The minimum absolute atomic E-state index is 0.864. The zero-order valence-corrected chi connectivity index (χ0v) is 7.05. The molecule has 0 atom stereocenters. The van der Waals surface area contributed by atoms with Gasteiger partial charge >= 0.3 is 0 Å². The van der Waals surface area contributed by atoms with Crippen molar-refractivity contribution in [2.45, 2.75) is 26.8 Å². The van der Waals surface area contributed by atoms with E-state index in [4.69, 9.17) is 4.52 Å². The predicted molar refractivity (Wildman–Crippen MR) is 43.2 cm³/mol. The average Bonchev–Trinajstić information content (AvgIpc) is 2.37. The molecule has 0 saturated heterocycles. The molecule has 0 spiro atoms. The number of hydrogen-bond donors (Lipinski definition) is 1. The largest absolute Gasteiger partial charge is 0.361 e. The van der Waals surface area contributed by atoms with Crippen LogP contribution in [0.5, 0.6) is 0 Å². The van der Waals surface area contributed by atoms with Crippen LogP contribution in [0.3, 0.4) is 0 Å². The van der Waals surface area contributed by atoms with E-state index in [1.54, 1.807) is 6.20 Å². The first-order valence-corrected chi connectivity index (χ1v) is 3.95. The Hall–Kier alpha value is -0.830. The lowest BCUT2D eigenvalue weighted by Gasteiger charge is -1.98. The summed E-state index contributed by atoms with van der Waals surface area (Å²) in [5.41, 5.74) is 1.15. The Morgan fingerprint density at radius 3 is 3.00 bits per heavy atom. The third-order valence-corrected chi connectivity index (χ3v) is 1.59. The molecule has 0 fully saturated rings. The maximum absolute atomic E-state index is 4.91. The van der Waals surface area contributed by atoms with Gasteiger partial charge in [0.2, 0.25) is 0 Å². The molecule has 1 aromatic heterocycles. The summed E-state index contributed by atoms with van der Waals surface area (Å²) >= 11 is 0. The van der Waals surface area contributed by atoms with Crippen LogP contribution in [0.25, 0.3) is 0 Å². The van der Waals surface area contributed by atoms with Crippen molar-refractivity contribution in [3.8, 4) is 0 Å². The van der Waals surface area contributed by atoms with Gasteiger partial charge in [-0.05, 0) is 19.9 Å². The minimum atomic E-state index is 0.864. The predicted octanol–water partition coefficient (Wildman–Crippen LogP) is 1.48. The van der Waals surface area contributed by atoms with Crippen molar-refractivity contribution in [1.29, 1.82) is 0 Å². The van der Waals surface area contributed by atoms with Crippen LogP contribution in [0, 0.1) is 6.92 Å². The summed E-state index contributed by atoms with van der Waals surface area (Å²) in [6.07, 6.45) is 2.92. The number of hydrogen-bond acceptors (Lipinski definition) is 3. The van der Waals surface area contributed by atoms with Crippen LogP contribution in [-0.4, -0.2) is 11.7 Å². The van der Waals surface area contributed by atoms with Gasteiger partial charge in [-0.3, -0.25) is 0 Å². The van der Waals surface area contributed by atoms with Gasteiger partial charge in [-0.1, -0.05) is 12.1 Å². The second-order valence-electron chi connectivity index (χ2n) is 2.58. The summed E-state index contributed by atoms with van der Waals surface area (Å²) in [7, 11) is 0. The molecule has 1 aromatic rings. The van der Waals surface area contributed by atoms with Crippen LogP contribution in [0.15, 0.2) is 10.7 Å². The van der Waals surface area contributed by atoms with Crippen LogP contribution in [-0.2, 0) is 6.54 Å². The summed E-state index contributed by atoms with van der Waals surface area (Å²) in [6, 6.07) is 0. The van der Waals surface area contributed by atoms with E-state index in [0.29, 0.717) is 0 Å². The lowest BCUT2D eigenvalue weighted by atomic mass is 10.3. The molecular weight excluding hydrogens is 140 g/mol. The molecule has 0 radical (unpaired) electrons. The average molecular weight is 154 g/mol. The summed E-state index contributed by atoms with van der Waals surface area (Å²) in [5, 5.41) is 6.96. The van der Waals surface area contributed by atoms with Crippen molar-refractivity contribution in [3.63, 3.8) is 0 Å². The first-order valence-electron chi connectivity index (χ1n) is 3.95. The highest BCUT2D eigenvalue weighted by molar-refractivity contribution is 5.10. The van der Waals surface area contributed by atoms with E-state index < -0.39 is 0 Å². The van der Waals surface area contributed by atoms with Crippen molar-refractivity contribution in [2.24, 2.45) is 0 Å². The normalized spacial score (nSPS) is 10.4. The molecule has 0 aliphatic carbocycles. The number of nitrogens with one attached hydrogen (secondary N) is 1. The topological polar surface area (TPSA) is 38.1 Å². The summed E-state index contributed by atoms with van der Waals surface area (Å²) in [6.45, 7) is 5.98. The SMILES string of the molecule is CCCNCc1cnoc1C. The van der Waals surface area contributed by atoms with Gasteiger partial charge in [-0.15, -0.1) is 0 Å². The molecule has 1 N–H and O–H groups in total. The molecule has 0 bridgehead atoms. The lowest BCUT2D eigenvalue weighted by molar-refractivity contribution is 0.395.